The maximum atomic E-state index is 9.32. The van der Waals surface area contributed by atoms with Crippen LogP contribution in [0.4, 0.5) is 0 Å². The molecule has 4 nitrogen and oxygen atoms in total. The van der Waals surface area contributed by atoms with E-state index in [1.54, 1.807) is 0 Å². The van der Waals surface area contributed by atoms with Gasteiger partial charge in [-0.25, -0.2) is 0 Å². The predicted octanol–water partition coefficient (Wildman–Crippen LogP) is 2.21. The van der Waals surface area contributed by atoms with Crippen molar-refractivity contribution in [2.75, 3.05) is 7.05 Å². The molecule has 1 heterocycles. The van der Waals surface area contributed by atoms with Crippen LogP contribution in [0.15, 0.2) is 6.07 Å². The summed E-state index contributed by atoms with van der Waals surface area (Å²) in [6.07, 6.45) is 4.78. The Morgan fingerprint density at radius 3 is 2.83 bits per heavy atom. The standard InChI is InChI=1S/C14H22N4/c1-4-11-8-12(5-2)18(17-11)13-6-7-14(9-13,10-15)16-3/h8,13,16H,4-7,9H2,1-3H3. The number of hydrogen-bond donors (Lipinski definition) is 1. The zero-order valence-electron chi connectivity index (χ0n) is 11.5. The molecule has 0 bridgehead atoms. The minimum absolute atomic E-state index is 0.353. The van der Waals surface area contributed by atoms with E-state index in [0.29, 0.717) is 6.04 Å². The molecule has 1 aromatic rings. The van der Waals surface area contributed by atoms with Crippen LogP contribution in [0.1, 0.15) is 50.5 Å². The smallest absolute Gasteiger partial charge is 0.108 e. The van der Waals surface area contributed by atoms with Crippen LogP contribution in [0.25, 0.3) is 0 Å². The van der Waals surface area contributed by atoms with Gasteiger partial charge in [-0.1, -0.05) is 13.8 Å². The van der Waals surface area contributed by atoms with E-state index in [1.165, 1.54) is 5.69 Å². The molecule has 2 rings (SSSR count). The highest BCUT2D eigenvalue weighted by molar-refractivity contribution is 5.16. The molecule has 18 heavy (non-hydrogen) atoms. The molecule has 4 heteroatoms. The summed E-state index contributed by atoms with van der Waals surface area (Å²) in [6.45, 7) is 4.30. The first-order chi connectivity index (χ1) is 8.68. The van der Waals surface area contributed by atoms with Gasteiger partial charge in [-0.05, 0) is 38.8 Å². The van der Waals surface area contributed by atoms with Crippen LogP contribution in [-0.2, 0) is 12.8 Å². The molecule has 0 aromatic carbocycles. The van der Waals surface area contributed by atoms with Crippen LogP contribution in [0.2, 0.25) is 0 Å². The lowest BCUT2D eigenvalue weighted by Gasteiger charge is -2.20. The van der Waals surface area contributed by atoms with E-state index in [9.17, 15) is 5.26 Å². The average molecular weight is 246 g/mol. The van der Waals surface area contributed by atoms with E-state index in [2.05, 4.69) is 36.0 Å². The zero-order chi connectivity index (χ0) is 13.2. The Bertz CT molecular complexity index is 457. The second kappa shape index (κ2) is 5.11. The summed E-state index contributed by atoms with van der Waals surface area (Å²) in [5.41, 5.74) is 2.10. The van der Waals surface area contributed by atoms with Crippen molar-refractivity contribution in [3.63, 3.8) is 0 Å². The summed E-state index contributed by atoms with van der Waals surface area (Å²) in [4.78, 5) is 0. The molecule has 1 saturated carbocycles. The molecule has 1 fully saturated rings. The molecule has 1 aromatic heterocycles. The maximum absolute atomic E-state index is 9.32. The molecule has 0 radical (unpaired) electrons. The summed E-state index contributed by atoms with van der Waals surface area (Å²) >= 11 is 0. The Morgan fingerprint density at radius 1 is 1.56 bits per heavy atom. The van der Waals surface area contributed by atoms with Gasteiger partial charge in [0.25, 0.3) is 0 Å². The van der Waals surface area contributed by atoms with Crippen molar-refractivity contribution < 1.29 is 0 Å². The molecule has 0 amide bonds. The first kappa shape index (κ1) is 13.1. The van der Waals surface area contributed by atoms with Crippen molar-refractivity contribution in [3.8, 4) is 6.07 Å². The lowest BCUT2D eigenvalue weighted by Crippen LogP contribution is -2.38. The number of nitrogens with one attached hydrogen (secondary N) is 1. The van der Waals surface area contributed by atoms with E-state index >= 15 is 0 Å². The molecular weight excluding hydrogens is 224 g/mol. The average Bonchev–Trinajstić information content (AvgIpc) is 3.02. The van der Waals surface area contributed by atoms with Crippen LogP contribution >= 0.6 is 0 Å². The third-order valence-corrected chi connectivity index (χ3v) is 4.12. The summed E-state index contributed by atoms with van der Waals surface area (Å²) < 4.78 is 2.16. The second-order valence-electron chi connectivity index (χ2n) is 5.12. The van der Waals surface area contributed by atoms with E-state index in [4.69, 9.17) is 5.10 Å². The highest BCUT2D eigenvalue weighted by Crippen LogP contribution is 2.37. The fraction of sp³-hybridized carbons (Fsp3) is 0.714. The predicted molar refractivity (Wildman–Crippen MR) is 71.3 cm³/mol. The fourth-order valence-electron chi connectivity index (χ4n) is 2.86. The Balaban J connectivity index is 2.24. The minimum Gasteiger partial charge on any atom is -0.302 e. The molecule has 2 atom stereocenters. The molecule has 98 valence electrons. The van der Waals surface area contributed by atoms with Gasteiger partial charge in [0.2, 0.25) is 0 Å². The fourth-order valence-corrected chi connectivity index (χ4v) is 2.86. The van der Waals surface area contributed by atoms with Gasteiger partial charge >= 0.3 is 0 Å². The van der Waals surface area contributed by atoms with E-state index < -0.39 is 0 Å². The first-order valence-electron chi connectivity index (χ1n) is 6.85. The topological polar surface area (TPSA) is 53.6 Å². The number of aromatic nitrogens is 2. The lowest BCUT2D eigenvalue weighted by atomic mass is 10.00. The van der Waals surface area contributed by atoms with Gasteiger partial charge < -0.3 is 5.32 Å². The van der Waals surface area contributed by atoms with E-state index in [-0.39, 0.29) is 5.54 Å². The molecule has 0 saturated heterocycles. The summed E-state index contributed by atoms with van der Waals surface area (Å²) in [5.74, 6) is 0. The van der Waals surface area contributed by atoms with Crippen molar-refractivity contribution in [1.82, 2.24) is 15.1 Å². The quantitative estimate of drug-likeness (QED) is 0.886. The van der Waals surface area contributed by atoms with Gasteiger partial charge in [0.15, 0.2) is 0 Å². The number of aryl methyl sites for hydroxylation is 2. The van der Waals surface area contributed by atoms with Crippen molar-refractivity contribution in [1.29, 1.82) is 5.26 Å². The van der Waals surface area contributed by atoms with Crippen molar-refractivity contribution in [2.45, 2.75) is 57.5 Å². The van der Waals surface area contributed by atoms with Crippen molar-refractivity contribution in [2.24, 2.45) is 0 Å². The third kappa shape index (κ3) is 2.15. The van der Waals surface area contributed by atoms with Crippen LogP contribution in [0.3, 0.4) is 0 Å². The molecule has 1 aliphatic rings. The van der Waals surface area contributed by atoms with E-state index in [0.717, 1.165) is 37.8 Å². The Labute approximate surface area is 109 Å². The highest BCUT2D eigenvalue weighted by Gasteiger charge is 2.39. The summed E-state index contributed by atoms with van der Waals surface area (Å²) in [7, 11) is 1.88. The Morgan fingerprint density at radius 2 is 2.33 bits per heavy atom. The SMILES string of the molecule is CCc1cc(CC)n(C2CCC(C#N)(NC)C2)n1. The van der Waals surface area contributed by atoms with Gasteiger partial charge in [-0.3, -0.25) is 4.68 Å². The van der Waals surface area contributed by atoms with Crippen LogP contribution < -0.4 is 5.32 Å². The number of nitriles is 1. The van der Waals surface area contributed by atoms with Gasteiger partial charge in [-0.15, -0.1) is 0 Å². The van der Waals surface area contributed by atoms with Gasteiger partial charge in [0.1, 0.15) is 5.54 Å². The number of rotatable bonds is 4. The summed E-state index contributed by atoms with van der Waals surface area (Å²) in [6, 6.07) is 5.00. The van der Waals surface area contributed by atoms with Crippen molar-refractivity contribution >= 4 is 0 Å². The molecule has 1 aliphatic carbocycles. The minimum atomic E-state index is -0.353. The second-order valence-corrected chi connectivity index (χ2v) is 5.12. The van der Waals surface area contributed by atoms with Gasteiger partial charge in [-0.2, -0.15) is 10.4 Å². The lowest BCUT2D eigenvalue weighted by molar-refractivity contribution is 0.401. The Hall–Kier alpha value is -1.34. The first-order valence-corrected chi connectivity index (χ1v) is 6.85. The van der Waals surface area contributed by atoms with Crippen LogP contribution in [0.5, 0.6) is 0 Å². The van der Waals surface area contributed by atoms with E-state index in [1.807, 2.05) is 7.05 Å². The monoisotopic (exact) mass is 246 g/mol. The maximum Gasteiger partial charge on any atom is 0.108 e. The Kier molecular flexibility index (Phi) is 3.72. The number of hydrogen-bond acceptors (Lipinski definition) is 3. The molecule has 0 aliphatic heterocycles. The zero-order valence-corrected chi connectivity index (χ0v) is 11.5. The third-order valence-electron chi connectivity index (χ3n) is 4.12. The molecule has 0 spiro atoms. The van der Waals surface area contributed by atoms with Crippen LogP contribution in [0, 0.1) is 11.3 Å². The summed E-state index contributed by atoms with van der Waals surface area (Å²) in [5, 5.41) is 17.2. The molecule has 1 N–H and O–H groups in total. The van der Waals surface area contributed by atoms with Gasteiger partial charge in [0.05, 0.1) is 17.8 Å². The largest absolute Gasteiger partial charge is 0.302 e. The van der Waals surface area contributed by atoms with Crippen molar-refractivity contribution in [3.05, 3.63) is 17.5 Å². The van der Waals surface area contributed by atoms with Crippen LogP contribution in [-0.4, -0.2) is 22.4 Å². The molecule has 2 unspecified atom stereocenters. The normalized spacial score (nSPS) is 27.3. The number of nitrogens with zero attached hydrogens (tertiary/aromatic N) is 3. The van der Waals surface area contributed by atoms with Gasteiger partial charge in [0, 0.05) is 12.1 Å². The highest BCUT2D eigenvalue weighted by atomic mass is 15.3. The molecular formula is C14H22N4.